The molecule has 0 unspecified atom stereocenters. The molecule has 1 aromatic heterocycles. The lowest BCUT2D eigenvalue weighted by molar-refractivity contribution is -0.117. The molecule has 0 spiro atoms. The number of aromatic nitrogens is 1. The minimum absolute atomic E-state index is 0.00819. The van der Waals surface area contributed by atoms with Gasteiger partial charge in [-0.3, -0.25) is 4.79 Å². The van der Waals surface area contributed by atoms with Gasteiger partial charge < -0.3 is 9.88 Å². The molecule has 0 fully saturated rings. The van der Waals surface area contributed by atoms with Gasteiger partial charge in [-0.15, -0.1) is 0 Å². The van der Waals surface area contributed by atoms with Crippen molar-refractivity contribution in [2.24, 2.45) is 0 Å². The normalized spacial score (nSPS) is 11.7. The Morgan fingerprint density at radius 2 is 1.77 bits per heavy atom. The van der Waals surface area contributed by atoms with E-state index in [9.17, 15) is 10.1 Å². The standard InChI is InChI=1S/C22H27N3O/c1-14(2)18-7-9-21(10-8-18)25-16(5)11-19(17(25)6)12-20(13-23)22(26)24-15(3)4/h7-12,14-15H,1-6H3,(H,24,26)/b20-12-. The summed E-state index contributed by atoms with van der Waals surface area (Å²) in [4.78, 5) is 12.2. The van der Waals surface area contributed by atoms with Crippen LogP contribution in [0.25, 0.3) is 11.8 Å². The number of hydrogen-bond acceptors (Lipinski definition) is 2. The van der Waals surface area contributed by atoms with Crippen molar-refractivity contribution in [2.75, 3.05) is 0 Å². The average Bonchev–Trinajstić information content (AvgIpc) is 2.85. The first-order valence-electron chi connectivity index (χ1n) is 8.96. The second kappa shape index (κ2) is 8.05. The van der Waals surface area contributed by atoms with Gasteiger partial charge in [0.2, 0.25) is 0 Å². The van der Waals surface area contributed by atoms with Crippen LogP contribution in [-0.2, 0) is 4.79 Å². The number of carbonyl (C=O) groups is 1. The summed E-state index contributed by atoms with van der Waals surface area (Å²) >= 11 is 0. The first-order chi connectivity index (χ1) is 12.2. The molecule has 0 atom stereocenters. The highest BCUT2D eigenvalue weighted by molar-refractivity contribution is 6.02. The molecule has 0 aliphatic heterocycles. The van der Waals surface area contributed by atoms with Crippen molar-refractivity contribution in [2.45, 2.75) is 53.5 Å². The fraction of sp³-hybridized carbons (Fsp3) is 0.364. The zero-order valence-corrected chi connectivity index (χ0v) is 16.4. The van der Waals surface area contributed by atoms with Crippen LogP contribution >= 0.6 is 0 Å². The Morgan fingerprint density at radius 3 is 2.27 bits per heavy atom. The number of nitrogens with zero attached hydrogens (tertiary/aromatic N) is 2. The van der Waals surface area contributed by atoms with E-state index in [4.69, 9.17) is 0 Å². The van der Waals surface area contributed by atoms with Crippen LogP contribution in [0, 0.1) is 25.2 Å². The largest absolute Gasteiger partial charge is 0.349 e. The zero-order chi connectivity index (χ0) is 19.4. The van der Waals surface area contributed by atoms with Gasteiger partial charge >= 0.3 is 0 Å². The Balaban J connectivity index is 2.42. The molecule has 4 heteroatoms. The van der Waals surface area contributed by atoms with E-state index in [1.54, 1.807) is 6.08 Å². The summed E-state index contributed by atoms with van der Waals surface area (Å²) in [7, 11) is 0. The van der Waals surface area contributed by atoms with Crippen molar-refractivity contribution >= 4 is 12.0 Å². The van der Waals surface area contributed by atoms with Gasteiger partial charge in [0.1, 0.15) is 11.6 Å². The van der Waals surface area contributed by atoms with E-state index >= 15 is 0 Å². The van der Waals surface area contributed by atoms with Gasteiger partial charge in [-0.1, -0.05) is 26.0 Å². The van der Waals surface area contributed by atoms with Gasteiger partial charge in [-0.05, 0) is 69.0 Å². The highest BCUT2D eigenvalue weighted by Gasteiger charge is 2.14. The molecule has 26 heavy (non-hydrogen) atoms. The molecule has 0 aliphatic rings. The van der Waals surface area contributed by atoms with Crippen LogP contribution in [0.3, 0.4) is 0 Å². The van der Waals surface area contributed by atoms with Gasteiger partial charge in [0, 0.05) is 23.1 Å². The van der Waals surface area contributed by atoms with Crippen molar-refractivity contribution in [1.29, 1.82) is 5.26 Å². The predicted octanol–water partition coefficient (Wildman–Crippen LogP) is 4.65. The van der Waals surface area contributed by atoms with Crippen molar-refractivity contribution in [3.63, 3.8) is 0 Å². The van der Waals surface area contributed by atoms with Crippen molar-refractivity contribution in [1.82, 2.24) is 9.88 Å². The Kier molecular flexibility index (Phi) is 6.05. The van der Waals surface area contributed by atoms with E-state index in [2.05, 4.69) is 48.0 Å². The van der Waals surface area contributed by atoms with Gasteiger partial charge in [-0.25, -0.2) is 0 Å². The molecule has 1 aromatic carbocycles. The van der Waals surface area contributed by atoms with Crippen LogP contribution < -0.4 is 5.32 Å². The van der Waals surface area contributed by atoms with Gasteiger partial charge in [0.05, 0.1) is 0 Å². The molecule has 0 aliphatic carbocycles. The maximum atomic E-state index is 12.2. The first-order valence-corrected chi connectivity index (χ1v) is 8.96. The molecule has 136 valence electrons. The maximum Gasteiger partial charge on any atom is 0.262 e. The molecular formula is C22H27N3O. The van der Waals surface area contributed by atoms with Gasteiger partial charge in [0.15, 0.2) is 0 Å². The van der Waals surface area contributed by atoms with Crippen LogP contribution in [0.2, 0.25) is 0 Å². The number of rotatable bonds is 5. The lowest BCUT2D eigenvalue weighted by Crippen LogP contribution is -2.30. The summed E-state index contributed by atoms with van der Waals surface area (Å²) < 4.78 is 2.14. The summed E-state index contributed by atoms with van der Waals surface area (Å²) in [5, 5.41) is 12.1. The number of benzene rings is 1. The van der Waals surface area contributed by atoms with Crippen LogP contribution in [-0.4, -0.2) is 16.5 Å². The smallest absolute Gasteiger partial charge is 0.262 e. The first kappa shape index (κ1) is 19.5. The van der Waals surface area contributed by atoms with E-state index in [0.717, 1.165) is 22.6 Å². The van der Waals surface area contributed by atoms with Crippen LogP contribution in [0.5, 0.6) is 0 Å². The molecule has 1 amide bonds. The fourth-order valence-corrected chi connectivity index (χ4v) is 2.98. The Hall–Kier alpha value is -2.80. The lowest BCUT2D eigenvalue weighted by Gasteiger charge is -2.12. The van der Waals surface area contributed by atoms with Crippen LogP contribution in [0.1, 0.15) is 56.1 Å². The third kappa shape index (κ3) is 4.23. The number of aryl methyl sites for hydroxylation is 1. The topological polar surface area (TPSA) is 57.8 Å². The summed E-state index contributed by atoms with van der Waals surface area (Å²) in [6.07, 6.45) is 1.67. The van der Waals surface area contributed by atoms with E-state index < -0.39 is 0 Å². The van der Waals surface area contributed by atoms with Crippen LogP contribution in [0.15, 0.2) is 35.9 Å². The van der Waals surface area contributed by atoms with Crippen LogP contribution in [0.4, 0.5) is 0 Å². The number of nitriles is 1. The highest BCUT2D eigenvalue weighted by atomic mass is 16.1. The van der Waals surface area contributed by atoms with Crippen molar-refractivity contribution in [3.8, 4) is 11.8 Å². The monoisotopic (exact) mass is 349 g/mol. The summed E-state index contributed by atoms with van der Waals surface area (Å²) in [6.45, 7) is 12.1. The molecule has 0 bridgehead atoms. The minimum Gasteiger partial charge on any atom is -0.349 e. The molecule has 1 N–H and O–H groups in total. The quantitative estimate of drug-likeness (QED) is 0.631. The second-order valence-electron chi connectivity index (χ2n) is 7.21. The SMILES string of the molecule is Cc1cc(/C=C(/C#N)C(=O)NC(C)C)c(C)n1-c1ccc(C(C)C)cc1. The average molecular weight is 349 g/mol. The third-order valence-electron chi connectivity index (χ3n) is 4.37. The van der Waals surface area contributed by atoms with Crippen molar-refractivity contribution < 1.29 is 4.79 Å². The number of nitrogens with one attached hydrogen (secondary N) is 1. The van der Waals surface area contributed by atoms with Gasteiger partial charge in [0.25, 0.3) is 5.91 Å². The molecule has 0 saturated carbocycles. The van der Waals surface area contributed by atoms with E-state index in [1.165, 1.54) is 5.56 Å². The van der Waals surface area contributed by atoms with Crippen molar-refractivity contribution in [3.05, 3.63) is 58.4 Å². The van der Waals surface area contributed by atoms with E-state index in [-0.39, 0.29) is 17.5 Å². The molecular weight excluding hydrogens is 322 g/mol. The number of hydrogen-bond donors (Lipinski definition) is 1. The zero-order valence-electron chi connectivity index (χ0n) is 16.4. The highest BCUT2D eigenvalue weighted by Crippen LogP contribution is 2.24. The second-order valence-corrected chi connectivity index (χ2v) is 7.21. The molecule has 0 radical (unpaired) electrons. The van der Waals surface area contributed by atoms with E-state index in [1.807, 2.05) is 39.8 Å². The molecule has 4 nitrogen and oxygen atoms in total. The maximum absolute atomic E-state index is 12.2. The molecule has 2 aromatic rings. The third-order valence-corrected chi connectivity index (χ3v) is 4.37. The molecule has 2 rings (SSSR count). The lowest BCUT2D eigenvalue weighted by atomic mass is 10.0. The number of amides is 1. The van der Waals surface area contributed by atoms with E-state index in [0.29, 0.717) is 5.92 Å². The Morgan fingerprint density at radius 1 is 1.15 bits per heavy atom. The Bertz CT molecular complexity index is 862. The number of carbonyl (C=O) groups excluding carboxylic acids is 1. The fourth-order valence-electron chi connectivity index (χ4n) is 2.98. The van der Waals surface area contributed by atoms with Gasteiger partial charge in [-0.2, -0.15) is 5.26 Å². The summed E-state index contributed by atoms with van der Waals surface area (Å²) in [5.74, 6) is 0.153. The molecule has 1 heterocycles. The molecule has 0 saturated heterocycles. The predicted molar refractivity (Wildman–Crippen MR) is 106 cm³/mol. The summed E-state index contributed by atoms with van der Waals surface area (Å²) in [5.41, 5.74) is 5.44. The Labute approximate surface area is 156 Å². The minimum atomic E-state index is -0.339. The summed E-state index contributed by atoms with van der Waals surface area (Å²) in [6, 6.07) is 12.5.